The highest BCUT2D eigenvalue weighted by Crippen LogP contribution is 2.36. The normalized spacial score (nSPS) is 10.1. The lowest BCUT2D eigenvalue weighted by Gasteiger charge is -2.11. The van der Waals surface area contributed by atoms with Gasteiger partial charge in [-0.25, -0.2) is 0 Å². The molecule has 0 saturated carbocycles. The van der Waals surface area contributed by atoms with Crippen LogP contribution in [0.25, 0.3) is 0 Å². The fourth-order valence-electron chi connectivity index (χ4n) is 1.91. The largest absolute Gasteiger partial charge is 0.487 e. The van der Waals surface area contributed by atoms with Crippen LogP contribution < -0.4 is 15.8 Å². The lowest BCUT2D eigenvalue weighted by molar-refractivity contribution is -0.384. The summed E-state index contributed by atoms with van der Waals surface area (Å²) in [6, 6.07) is 12.0. The predicted molar refractivity (Wildman–Crippen MR) is 83.0 cm³/mol. The number of nitro benzene ring substituents is 1. The van der Waals surface area contributed by atoms with Crippen LogP contribution in [-0.2, 0) is 0 Å². The zero-order valence-electron chi connectivity index (χ0n) is 11.7. The Hall–Kier alpha value is -2.76. The van der Waals surface area contributed by atoms with Gasteiger partial charge in [0.15, 0.2) is 5.75 Å². The van der Waals surface area contributed by atoms with Crippen LogP contribution >= 0.6 is 0 Å². The van der Waals surface area contributed by atoms with Crippen LogP contribution in [0.2, 0.25) is 0 Å². The first-order valence-corrected chi connectivity index (χ1v) is 6.64. The number of para-hydroxylation sites is 1. The number of benzene rings is 2. The van der Waals surface area contributed by atoms with Crippen LogP contribution in [0.3, 0.4) is 0 Å². The third-order valence-corrected chi connectivity index (χ3v) is 2.81. The Morgan fingerprint density at radius 1 is 1.29 bits per heavy atom. The van der Waals surface area contributed by atoms with E-state index in [0.29, 0.717) is 23.7 Å². The lowest BCUT2D eigenvalue weighted by atomic mass is 10.2. The highest BCUT2D eigenvalue weighted by atomic mass is 16.6. The number of nitrogens with zero attached hydrogens (tertiary/aromatic N) is 1. The van der Waals surface area contributed by atoms with Crippen molar-refractivity contribution in [3.05, 3.63) is 52.6 Å². The van der Waals surface area contributed by atoms with Crippen molar-refractivity contribution in [2.45, 2.75) is 13.3 Å². The van der Waals surface area contributed by atoms with Crippen LogP contribution in [0, 0.1) is 10.1 Å². The highest BCUT2D eigenvalue weighted by molar-refractivity contribution is 5.74. The van der Waals surface area contributed by atoms with E-state index in [2.05, 4.69) is 5.32 Å². The average Bonchev–Trinajstić information content (AvgIpc) is 2.45. The summed E-state index contributed by atoms with van der Waals surface area (Å²) >= 11 is 0. The van der Waals surface area contributed by atoms with Gasteiger partial charge in [-0.15, -0.1) is 0 Å². The quantitative estimate of drug-likeness (QED) is 0.480. The molecule has 0 aliphatic rings. The molecule has 3 N–H and O–H groups in total. The van der Waals surface area contributed by atoms with Gasteiger partial charge in [-0.2, -0.15) is 0 Å². The van der Waals surface area contributed by atoms with Crippen molar-refractivity contribution in [2.75, 3.05) is 17.7 Å². The van der Waals surface area contributed by atoms with Crippen LogP contribution in [0.4, 0.5) is 22.7 Å². The number of ether oxygens (including phenoxy) is 1. The molecule has 0 aliphatic carbocycles. The molecule has 2 aromatic carbocycles. The van der Waals surface area contributed by atoms with Gasteiger partial charge >= 0.3 is 5.69 Å². The van der Waals surface area contributed by atoms with Crippen LogP contribution in [0.15, 0.2) is 42.5 Å². The Bertz CT molecular complexity index is 644. The van der Waals surface area contributed by atoms with E-state index in [-0.39, 0.29) is 11.4 Å². The van der Waals surface area contributed by atoms with Crippen molar-refractivity contribution in [1.29, 1.82) is 0 Å². The Morgan fingerprint density at radius 3 is 2.71 bits per heavy atom. The van der Waals surface area contributed by atoms with Crippen molar-refractivity contribution in [3.8, 4) is 5.75 Å². The third-order valence-electron chi connectivity index (χ3n) is 2.81. The second-order valence-corrected chi connectivity index (χ2v) is 4.51. The molecule has 0 bridgehead atoms. The summed E-state index contributed by atoms with van der Waals surface area (Å²) in [5.41, 5.74) is 7.28. The van der Waals surface area contributed by atoms with Gasteiger partial charge < -0.3 is 15.8 Å². The van der Waals surface area contributed by atoms with Crippen molar-refractivity contribution in [2.24, 2.45) is 0 Å². The molecule has 2 rings (SSSR count). The fourth-order valence-corrected chi connectivity index (χ4v) is 1.91. The van der Waals surface area contributed by atoms with E-state index in [4.69, 9.17) is 10.5 Å². The first-order valence-electron chi connectivity index (χ1n) is 6.64. The van der Waals surface area contributed by atoms with Crippen molar-refractivity contribution in [1.82, 2.24) is 0 Å². The van der Waals surface area contributed by atoms with Gasteiger partial charge in [0.2, 0.25) is 0 Å². The highest BCUT2D eigenvalue weighted by Gasteiger charge is 2.21. The SMILES string of the molecule is CCCOc1cccc(Nc2cccc(N)c2)c1[N+](=O)[O-]. The first kappa shape index (κ1) is 14.6. The Morgan fingerprint density at radius 2 is 2.05 bits per heavy atom. The van der Waals surface area contributed by atoms with Crippen molar-refractivity contribution < 1.29 is 9.66 Å². The zero-order valence-corrected chi connectivity index (χ0v) is 11.7. The number of nitrogens with two attached hydrogens (primary N) is 1. The van der Waals surface area contributed by atoms with Gasteiger partial charge in [-0.3, -0.25) is 10.1 Å². The molecule has 0 saturated heterocycles. The van der Waals surface area contributed by atoms with Gasteiger partial charge in [-0.1, -0.05) is 19.1 Å². The number of nitrogen functional groups attached to an aromatic ring is 1. The summed E-state index contributed by atoms with van der Waals surface area (Å²) in [5.74, 6) is 0.260. The van der Waals surface area contributed by atoms with Gasteiger partial charge in [0.05, 0.1) is 11.5 Å². The molecular weight excluding hydrogens is 270 g/mol. The summed E-state index contributed by atoms with van der Waals surface area (Å²) in [7, 11) is 0. The van der Waals surface area contributed by atoms with E-state index in [0.717, 1.165) is 6.42 Å². The van der Waals surface area contributed by atoms with E-state index >= 15 is 0 Å². The zero-order chi connectivity index (χ0) is 15.2. The second kappa shape index (κ2) is 6.60. The fraction of sp³-hybridized carbons (Fsp3) is 0.200. The molecule has 0 spiro atoms. The molecule has 0 radical (unpaired) electrons. The standard InChI is InChI=1S/C15H17N3O3/c1-2-9-21-14-8-4-7-13(15(14)18(19)20)17-12-6-3-5-11(16)10-12/h3-8,10,17H,2,9,16H2,1H3. The van der Waals surface area contributed by atoms with Gasteiger partial charge in [0.25, 0.3) is 0 Å². The molecule has 0 unspecified atom stereocenters. The summed E-state index contributed by atoms with van der Waals surface area (Å²) in [6.07, 6.45) is 0.782. The van der Waals surface area contributed by atoms with Crippen molar-refractivity contribution in [3.63, 3.8) is 0 Å². The molecule has 6 nitrogen and oxygen atoms in total. The molecule has 0 aliphatic heterocycles. The number of hydrogen-bond acceptors (Lipinski definition) is 5. The maximum atomic E-state index is 11.3. The molecule has 0 aromatic heterocycles. The Labute approximate surface area is 122 Å². The van der Waals surface area contributed by atoms with Gasteiger partial charge in [-0.05, 0) is 36.8 Å². The Balaban J connectivity index is 2.36. The molecule has 0 amide bonds. The Kier molecular flexibility index (Phi) is 4.61. The van der Waals surface area contributed by atoms with E-state index < -0.39 is 4.92 Å². The summed E-state index contributed by atoms with van der Waals surface area (Å²) in [6.45, 7) is 2.38. The average molecular weight is 287 g/mol. The van der Waals surface area contributed by atoms with Crippen LogP contribution in [-0.4, -0.2) is 11.5 Å². The number of nitro groups is 1. The molecule has 0 heterocycles. The minimum Gasteiger partial charge on any atom is -0.487 e. The van der Waals surface area contributed by atoms with Crippen LogP contribution in [0.5, 0.6) is 5.75 Å². The molecule has 6 heteroatoms. The minimum atomic E-state index is -0.445. The van der Waals surface area contributed by atoms with E-state index in [1.165, 1.54) is 0 Å². The number of rotatable bonds is 6. The second-order valence-electron chi connectivity index (χ2n) is 4.51. The van der Waals surface area contributed by atoms with Crippen LogP contribution in [0.1, 0.15) is 13.3 Å². The number of anilines is 3. The van der Waals surface area contributed by atoms with E-state index in [9.17, 15) is 10.1 Å². The molecule has 2 aromatic rings. The van der Waals surface area contributed by atoms with E-state index in [1.54, 1.807) is 42.5 Å². The monoisotopic (exact) mass is 287 g/mol. The summed E-state index contributed by atoms with van der Waals surface area (Å²) in [5, 5.41) is 14.3. The maximum absolute atomic E-state index is 11.3. The number of hydrogen-bond donors (Lipinski definition) is 2. The smallest absolute Gasteiger partial charge is 0.334 e. The predicted octanol–water partition coefficient (Wildman–Crippen LogP) is 3.71. The molecule has 0 atom stereocenters. The molecule has 21 heavy (non-hydrogen) atoms. The van der Waals surface area contributed by atoms with Crippen molar-refractivity contribution >= 4 is 22.7 Å². The van der Waals surface area contributed by atoms with Gasteiger partial charge in [0.1, 0.15) is 5.69 Å². The molecule has 110 valence electrons. The van der Waals surface area contributed by atoms with Gasteiger partial charge in [0, 0.05) is 11.4 Å². The lowest BCUT2D eigenvalue weighted by Crippen LogP contribution is -2.02. The van der Waals surface area contributed by atoms with E-state index in [1.807, 2.05) is 6.92 Å². The molecule has 0 fully saturated rings. The maximum Gasteiger partial charge on any atom is 0.334 e. The topological polar surface area (TPSA) is 90.4 Å². The summed E-state index contributed by atoms with van der Waals surface area (Å²) in [4.78, 5) is 10.9. The third kappa shape index (κ3) is 3.62. The summed E-state index contributed by atoms with van der Waals surface area (Å²) < 4.78 is 5.44. The molecular formula is C15H17N3O3. The minimum absolute atomic E-state index is 0.0756. The first-order chi connectivity index (χ1) is 10.1. The number of nitrogens with one attached hydrogen (secondary N) is 1.